The molecule has 0 atom stereocenters. The molecule has 0 aliphatic heterocycles. The van der Waals surface area contributed by atoms with Crippen LogP contribution in [0.1, 0.15) is 5.56 Å². The van der Waals surface area contributed by atoms with Crippen LogP contribution in [0, 0.1) is 17.1 Å². The second kappa shape index (κ2) is 5.72. The van der Waals surface area contributed by atoms with Gasteiger partial charge in [0.1, 0.15) is 11.6 Å². The molecule has 5 heteroatoms. The minimum atomic E-state index is -0.485. The quantitative estimate of drug-likeness (QED) is 0.921. The number of nitrogens with one attached hydrogen (secondary N) is 1. The summed E-state index contributed by atoms with van der Waals surface area (Å²) in [5.74, 6) is 0.119. The Morgan fingerprint density at radius 2 is 2.00 bits per heavy atom. The van der Waals surface area contributed by atoms with Gasteiger partial charge in [0.15, 0.2) is 0 Å². The van der Waals surface area contributed by atoms with E-state index in [-0.39, 0.29) is 11.3 Å². The monoisotopic (exact) mass is 320 g/mol. The zero-order valence-electron chi connectivity index (χ0n) is 10.1. The average molecular weight is 321 g/mol. The number of rotatable bonds is 3. The molecule has 19 heavy (non-hydrogen) atoms. The fraction of sp³-hybridized carbons (Fsp3) is 0.0714. The number of hydrogen-bond acceptors (Lipinski definition) is 3. The first-order chi connectivity index (χ1) is 9.13. The first-order valence-corrected chi connectivity index (χ1v) is 6.23. The standard InChI is InChI=1S/C14H10BrFN2O/c1-19-14-5-3-10(15)7-13(14)18-12-4-2-9(8-17)6-11(12)16/h2-7,18H,1H3. The molecule has 3 nitrogen and oxygen atoms in total. The molecule has 0 unspecified atom stereocenters. The molecule has 0 saturated carbocycles. The number of methoxy groups -OCH3 is 1. The van der Waals surface area contributed by atoms with Gasteiger partial charge in [0.25, 0.3) is 0 Å². The summed E-state index contributed by atoms with van der Waals surface area (Å²) >= 11 is 3.35. The molecule has 0 saturated heterocycles. The molecule has 0 aliphatic rings. The van der Waals surface area contributed by atoms with Crippen molar-refractivity contribution in [2.24, 2.45) is 0 Å². The zero-order chi connectivity index (χ0) is 13.8. The average Bonchev–Trinajstić information content (AvgIpc) is 2.41. The van der Waals surface area contributed by atoms with Crippen LogP contribution in [0.5, 0.6) is 5.75 Å². The first kappa shape index (κ1) is 13.4. The van der Waals surface area contributed by atoms with Crippen molar-refractivity contribution in [2.45, 2.75) is 0 Å². The molecular formula is C14H10BrFN2O. The molecule has 0 fully saturated rings. The van der Waals surface area contributed by atoms with Crippen LogP contribution in [0.4, 0.5) is 15.8 Å². The van der Waals surface area contributed by atoms with E-state index in [9.17, 15) is 4.39 Å². The number of anilines is 2. The molecule has 0 spiro atoms. The molecule has 0 heterocycles. The van der Waals surface area contributed by atoms with Gasteiger partial charge in [0.05, 0.1) is 30.1 Å². The van der Waals surface area contributed by atoms with Crippen molar-refractivity contribution in [1.82, 2.24) is 0 Å². The van der Waals surface area contributed by atoms with Crippen LogP contribution in [0.2, 0.25) is 0 Å². The Morgan fingerprint density at radius 3 is 2.63 bits per heavy atom. The van der Waals surface area contributed by atoms with E-state index in [4.69, 9.17) is 10.00 Å². The van der Waals surface area contributed by atoms with E-state index in [0.29, 0.717) is 11.4 Å². The summed E-state index contributed by atoms with van der Waals surface area (Å²) in [5, 5.41) is 11.6. The Labute approximate surface area is 118 Å². The van der Waals surface area contributed by atoms with Gasteiger partial charge in [-0.25, -0.2) is 4.39 Å². The topological polar surface area (TPSA) is 45.0 Å². The van der Waals surface area contributed by atoms with Gasteiger partial charge in [-0.2, -0.15) is 5.26 Å². The normalized spacial score (nSPS) is 9.79. The third kappa shape index (κ3) is 3.04. The number of nitrogens with zero attached hydrogens (tertiary/aromatic N) is 1. The van der Waals surface area contributed by atoms with Crippen molar-refractivity contribution in [2.75, 3.05) is 12.4 Å². The summed E-state index contributed by atoms with van der Waals surface area (Å²) in [4.78, 5) is 0. The van der Waals surface area contributed by atoms with Gasteiger partial charge in [-0.15, -0.1) is 0 Å². The molecule has 1 N–H and O–H groups in total. The van der Waals surface area contributed by atoms with Gasteiger partial charge in [-0.1, -0.05) is 15.9 Å². The number of benzene rings is 2. The van der Waals surface area contributed by atoms with Crippen LogP contribution in [0.15, 0.2) is 40.9 Å². The lowest BCUT2D eigenvalue weighted by Gasteiger charge is -2.12. The SMILES string of the molecule is COc1ccc(Br)cc1Nc1ccc(C#N)cc1F. The molecule has 0 aromatic heterocycles. The van der Waals surface area contributed by atoms with Gasteiger partial charge in [0, 0.05) is 4.47 Å². The molecule has 0 radical (unpaired) electrons. The largest absolute Gasteiger partial charge is 0.495 e. The second-order valence-corrected chi connectivity index (χ2v) is 4.69. The molecule has 96 valence electrons. The lowest BCUT2D eigenvalue weighted by Crippen LogP contribution is -1.97. The molecule has 0 amide bonds. The van der Waals surface area contributed by atoms with Crippen LogP contribution in [0.25, 0.3) is 0 Å². The van der Waals surface area contributed by atoms with Crippen molar-refractivity contribution in [3.8, 4) is 11.8 Å². The molecule has 0 bridgehead atoms. The number of nitriles is 1. The second-order valence-electron chi connectivity index (χ2n) is 3.78. The van der Waals surface area contributed by atoms with Crippen LogP contribution in [0.3, 0.4) is 0 Å². The van der Waals surface area contributed by atoms with Crippen molar-refractivity contribution < 1.29 is 9.13 Å². The Balaban J connectivity index is 2.36. The van der Waals surface area contributed by atoms with E-state index in [1.807, 2.05) is 12.1 Å². The third-order valence-electron chi connectivity index (χ3n) is 2.53. The summed E-state index contributed by atoms with van der Waals surface area (Å²) in [6.45, 7) is 0. The highest BCUT2D eigenvalue weighted by Gasteiger charge is 2.08. The lowest BCUT2D eigenvalue weighted by atomic mass is 10.2. The van der Waals surface area contributed by atoms with E-state index in [1.54, 1.807) is 25.3 Å². The molecular weight excluding hydrogens is 311 g/mol. The predicted molar refractivity (Wildman–Crippen MR) is 75.1 cm³/mol. The Bertz CT molecular complexity index is 652. The van der Waals surface area contributed by atoms with E-state index >= 15 is 0 Å². The number of hydrogen-bond donors (Lipinski definition) is 1. The van der Waals surface area contributed by atoms with Crippen molar-refractivity contribution in [1.29, 1.82) is 5.26 Å². The predicted octanol–water partition coefficient (Wildman–Crippen LogP) is 4.21. The van der Waals surface area contributed by atoms with Crippen molar-refractivity contribution in [3.63, 3.8) is 0 Å². The molecule has 0 aliphatic carbocycles. The third-order valence-corrected chi connectivity index (χ3v) is 3.02. The van der Waals surface area contributed by atoms with Gasteiger partial charge in [-0.05, 0) is 36.4 Å². The summed E-state index contributed by atoms with van der Waals surface area (Å²) in [6, 6.07) is 11.5. The lowest BCUT2D eigenvalue weighted by molar-refractivity contribution is 0.416. The van der Waals surface area contributed by atoms with Gasteiger partial charge in [0.2, 0.25) is 0 Å². The smallest absolute Gasteiger partial charge is 0.147 e. The highest BCUT2D eigenvalue weighted by molar-refractivity contribution is 9.10. The number of halogens is 2. The Kier molecular flexibility index (Phi) is 4.03. The maximum atomic E-state index is 13.8. The molecule has 2 rings (SSSR count). The van der Waals surface area contributed by atoms with Gasteiger partial charge in [-0.3, -0.25) is 0 Å². The summed E-state index contributed by atoms with van der Waals surface area (Å²) < 4.78 is 19.8. The van der Waals surface area contributed by atoms with Crippen molar-refractivity contribution >= 4 is 27.3 Å². The first-order valence-electron chi connectivity index (χ1n) is 5.44. The van der Waals surface area contributed by atoms with Crippen LogP contribution in [-0.4, -0.2) is 7.11 Å². The summed E-state index contributed by atoms with van der Waals surface area (Å²) in [6.07, 6.45) is 0. The van der Waals surface area contributed by atoms with Crippen LogP contribution in [-0.2, 0) is 0 Å². The van der Waals surface area contributed by atoms with E-state index in [2.05, 4.69) is 21.2 Å². The van der Waals surface area contributed by atoms with Crippen LogP contribution < -0.4 is 10.1 Å². The highest BCUT2D eigenvalue weighted by atomic mass is 79.9. The maximum Gasteiger partial charge on any atom is 0.147 e. The fourth-order valence-electron chi connectivity index (χ4n) is 1.61. The maximum absolute atomic E-state index is 13.8. The highest BCUT2D eigenvalue weighted by Crippen LogP contribution is 2.31. The van der Waals surface area contributed by atoms with Gasteiger partial charge < -0.3 is 10.1 Å². The molecule has 2 aromatic rings. The van der Waals surface area contributed by atoms with Crippen molar-refractivity contribution in [3.05, 3.63) is 52.3 Å². The Hall–Kier alpha value is -2.06. The Morgan fingerprint density at radius 1 is 1.21 bits per heavy atom. The van der Waals surface area contributed by atoms with E-state index < -0.39 is 5.82 Å². The van der Waals surface area contributed by atoms with Crippen LogP contribution >= 0.6 is 15.9 Å². The summed E-state index contributed by atoms with van der Waals surface area (Å²) in [5.41, 5.74) is 1.21. The molecule has 2 aromatic carbocycles. The zero-order valence-corrected chi connectivity index (χ0v) is 11.7. The van der Waals surface area contributed by atoms with E-state index in [1.165, 1.54) is 12.1 Å². The summed E-state index contributed by atoms with van der Waals surface area (Å²) in [7, 11) is 1.55. The minimum absolute atomic E-state index is 0.282. The number of ether oxygens (including phenoxy) is 1. The minimum Gasteiger partial charge on any atom is -0.495 e. The van der Waals surface area contributed by atoms with E-state index in [0.717, 1.165) is 4.47 Å². The fourth-order valence-corrected chi connectivity index (χ4v) is 1.97. The van der Waals surface area contributed by atoms with Gasteiger partial charge >= 0.3 is 0 Å².